The average molecular weight is 246 g/mol. The lowest BCUT2D eigenvalue weighted by Crippen LogP contribution is -2.34. The summed E-state index contributed by atoms with van der Waals surface area (Å²) in [4.78, 5) is 11.2. The minimum absolute atomic E-state index is 0.248. The summed E-state index contributed by atoms with van der Waals surface area (Å²) in [6.07, 6.45) is 8.53. The molecular weight excluding hydrogens is 224 g/mol. The molecule has 4 rings (SSSR count). The maximum absolute atomic E-state index is 11.2. The van der Waals surface area contributed by atoms with Crippen LogP contribution in [0.25, 0.3) is 0 Å². The molecule has 98 valence electrons. The Kier molecular flexibility index (Phi) is 2.37. The zero-order valence-corrected chi connectivity index (χ0v) is 10.9. The molecule has 0 amide bonds. The van der Waals surface area contributed by atoms with Gasteiger partial charge in [-0.15, -0.1) is 0 Å². The lowest BCUT2D eigenvalue weighted by atomic mass is 9.68. The van der Waals surface area contributed by atoms with Gasteiger partial charge in [-0.2, -0.15) is 0 Å². The standard InChI is InChI=1S/C16H22O2/c1-2-14(17)18-8-12-6-11-7-13(12)16-10-4-3-9(5-10)15(11)16/h2,9-13,15-16H,1,3-8H2. The van der Waals surface area contributed by atoms with Crippen LogP contribution in [0, 0.1) is 41.4 Å². The van der Waals surface area contributed by atoms with E-state index in [-0.39, 0.29) is 5.97 Å². The molecule has 4 fully saturated rings. The van der Waals surface area contributed by atoms with Crippen molar-refractivity contribution in [1.82, 2.24) is 0 Å². The molecule has 2 nitrogen and oxygen atoms in total. The van der Waals surface area contributed by atoms with E-state index in [1.807, 2.05) is 0 Å². The summed E-state index contributed by atoms with van der Waals surface area (Å²) < 4.78 is 5.30. The molecule has 7 unspecified atom stereocenters. The third kappa shape index (κ3) is 1.38. The molecule has 4 saturated carbocycles. The highest BCUT2D eigenvalue weighted by Crippen LogP contribution is 2.68. The molecule has 0 heterocycles. The molecule has 0 saturated heterocycles. The van der Waals surface area contributed by atoms with Crippen LogP contribution in [0.2, 0.25) is 0 Å². The quantitative estimate of drug-likeness (QED) is 0.434. The molecule has 18 heavy (non-hydrogen) atoms. The summed E-state index contributed by atoms with van der Waals surface area (Å²) in [5, 5.41) is 0. The first-order valence-corrected chi connectivity index (χ1v) is 7.57. The number of fused-ring (bicyclic) bond motifs is 9. The van der Waals surface area contributed by atoms with Crippen molar-refractivity contribution in [1.29, 1.82) is 0 Å². The Morgan fingerprint density at radius 2 is 1.89 bits per heavy atom. The van der Waals surface area contributed by atoms with Gasteiger partial charge in [0, 0.05) is 6.08 Å². The third-order valence-corrected chi connectivity index (χ3v) is 6.48. The first kappa shape index (κ1) is 11.1. The van der Waals surface area contributed by atoms with Gasteiger partial charge in [0.05, 0.1) is 6.61 Å². The monoisotopic (exact) mass is 246 g/mol. The van der Waals surface area contributed by atoms with Crippen LogP contribution in [0.1, 0.15) is 32.1 Å². The predicted octanol–water partition coefficient (Wildman–Crippen LogP) is 3.03. The Morgan fingerprint density at radius 3 is 2.67 bits per heavy atom. The van der Waals surface area contributed by atoms with E-state index >= 15 is 0 Å². The third-order valence-electron chi connectivity index (χ3n) is 6.48. The minimum Gasteiger partial charge on any atom is -0.462 e. The molecule has 4 aliphatic carbocycles. The summed E-state index contributed by atoms with van der Waals surface area (Å²) in [7, 11) is 0. The number of carbonyl (C=O) groups is 1. The highest BCUT2D eigenvalue weighted by molar-refractivity contribution is 5.81. The number of carbonyl (C=O) groups excluding carboxylic acids is 1. The van der Waals surface area contributed by atoms with Crippen molar-refractivity contribution in [3.05, 3.63) is 12.7 Å². The predicted molar refractivity (Wildman–Crippen MR) is 68.7 cm³/mol. The summed E-state index contributed by atoms with van der Waals surface area (Å²) >= 11 is 0. The Balaban J connectivity index is 1.45. The number of rotatable bonds is 3. The van der Waals surface area contributed by atoms with E-state index < -0.39 is 0 Å². The van der Waals surface area contributed by atoms with E-state index in [1.165, 1.54) is 38.2 Å². The SMILES string of the molecule is C=CC(=O)OCC1CC2CC1C1C3CCC(C3)C21. The molecule has 0 N–H and O–H groups in total. The largest absolute Gasteiger partial charge is 0.462 e. The van der Waals surface area contributed by atoms with Crippen molar-refractivity contribution in [2.45, 2.75) is 32.1 Å². The molecule has 2 heteroatoms. The van der Waals surface area contributed by atoms with Crippen LogP contribution in [0.15, 0.2) is 12.7 Å². The Morgan fingerprint density at radius 1 is 1.11 bits per heavy atom. The molecule has 0 aromatic heterocycles. The highest BCUT2D eigenvalue weighted by atomic mass is 16.5. The van der Waals surface area contributed by atoms with Crippen molar-refractivity contribution >= 4 is 5.97 Å². The lowest BCUT2D eigenvalue weighted by molar-refractivity contribution is -0.140. The maximum atomic E-state index is 11.2. The molecular formula is C16H22O2. The van der Waals surface area contributed by atoms with E-state index in [4.69, 9.17) is 4.74 Å². The highest BCUT2D eigenvalue weighted by Gasteiger charge is 2.62. The van der Waals surface area contributed by atoms with Crippen molar-refractivity contribution < 1.29 is 9.53 Å². The topological polar surface area (TPSA) is 26.3 Å². The van der Waals surface area contributed by atoms with Gasteiger partial charge in [-0.1, -0.05) is 6.58 Å². The summed E-state index contributed by atoms with van der Waals surface area (Å²) in [6, 6.07) is 0. The number of hydrogen-bond donors (Lipinski definition) is 0. The normalized spacial score (nSPS) is 51.4. The van der Waals surface area contributed by atoms with Crippen LogP contribution in [0.3, 0.4) is 0 Å². The number of hydrogen-bond acceptors (Lipinski definition) is 2. The molecule has 0 spiro atoms. The van der Waals surface area contributed by atoms with Gasteiger partial charge < -0.3 is 4.74 Å². The van der Waals surface area contributed by atoms with Crippen molar-refractivity contribution in [2.75, 3.05) is 6.61 Å². The fourth-order valence-electron chi connectivity index (χ4n) is 6.14. The second-order valence-electron chi connectivity index (χ2n) is 6.98. The van der Waals surface area contributed by atoms with E-state index in [9.17, 15) is 4.79 Å². The molecule has 0 aliphatic heterocycles. The molecule has 4 bridgehead atoms. The average Bonchev–Trinajstić information content (AvgIpc) is 3.11. The van der Waals surface area contributed by atoms with Gasteiger partial charge in [0.2, 0.25) is 0 Å². The molecule has 4 aliphatic rings. The van der Waals surface area contributed by atoms with E-state index in [0.717, 1.165) is 35.5 Å². The molecule has 7 atom stereocenters. The Labute approximate surface area is 109 Å². The summed E-state index contributed by atoms with van der Waals surface area (Å²) in [5.74, 6) is 6.37. The fourth-order valence-corrected chi connectivity index (χ4v) is 6.14. The Hall–Kier alpha value is -0.790. The molecule has 0 aromatic rings. The van der Waals surface area contributed by atoms with Crippen LogP contribution in [-0.2, 0) is 9.53 Å². The van der Waals surface area contributed by atoms with Crippen molar-refractivity contribution in [3.63, 3.8) is 0 Å². The molecule has 0 aromatic carbocycles. The van der Waals surface area contributed by atoms with E-state index in [1.54, 1.807) is 0 Å². The van der Waals surface area contributed by atoms with Gasteiger partial charge in [-0.25, -0.2) is 4.79 Å². The zero-order chi connectivity index (χ0) is 12.3. The van der Waals surface area contributed by atoms with Crippen molar-refractivity contribution in [3.8, 4) is 0 Å². The van der Waals surface area contributed by atoms with Gasteiger partial charge in [0.15, 0.2) is 0 Å². The van der Waals surface area contributed by atoms with Gasteiger partial charge in [0.25, 0.3) is 0 Å². The maximum Gasteiger partial charge on any atom is 0.330 e. The van der Waals surface area contributed by atoms with Crippen molar-refractivity contribution in [2.24, 2.45) is 41.4 Å². The van der Waals surface area contributed by atoms with Crippen LogP contribution >= 0.6 is 0 Å². The van der Waals surface area contributed by atoms with Crippen LogP contribution < -0.4 is 0 Å². The second kappa shape index (κ2) is 3.85. The lowest BCUT2D eigenvalue weighted by Gasteiger charge is -2.38. The number of ether oxygens (including phenoxy) is 1. The van der Waals surface area contributed by atoms with Crippen LogP contribution in [0.5, 0.6) is 0 Å². The summed E-state index contributed by atoms with van der Waals surface area (Å²) in [5.41, 5.74) is 0. The Bertz CT molecular complexity index is 389. The first-order valence-electron chi connectivity index (χ1n) is 7.57. The minimum atomic E-state index is -0.248. The van der Waals surface area contributed by atoms with Crippen LogP contribution in [0.4, 0.5) is 0 Å². The van der Waals surface area contributed by atoms with E-state index in [2.05, 4.69) is 6.58 Å². The zero-order valence-electron chi connectivity index (χ0n) is 10.9. The van der Waals surface area contributed by atoms with E-state index in [0.29, 0.717) is 12.5 Å². The number of esters is 1. The first-order chi connectivity index (χ1) is 8.78. The fraction of sp³-hybridized carbons (Fsp3) is 0.812. The van der Waals surface area contributed by atoms with Gasteiger partial charge >= 0.3 is 5.97 Å². The second-order valence-corrected chi connectivity index (χ2v) is 6.98. The summed E-state index contributed by atoms with van der Waals surface area (Å²) in [6.45, 7) is 4.11. The van der Waals surface area contributed by atoms with Crippen LogP contribution in [-0.4, -0.2) is 12.6 Å². The molecule has 0 radical (unpaired) electrons. The van der Waals surface area contributed by atoms with Gasteiger partial charge in [0.1, 0.15) is 0 Å². The van der Waals surface area contributed by atoms with Gasteiger partial charge in [-0.05, 0) is 73.5 Å². The van der Waals surface area contributed by atoms with Gasteiger partial charge in [-0.3, -0.25) is 0 Å². The smallest absolute Gasteiger partial charge is 0.330 e.